The van der Waals surface area contributed by atoms with Gasteiger partial charge < -0.3 is 0 Å². The van der Waals surface area contributed by atoms with Gasteiger partial charge in [-0.05, 0) is 0 Å². The Labute approximate surface area is 223 Å². The summed E-state index contributed by atoms with van der Waals surface area (Å²) in [4.78, 5) is 0. The van der Waals surface area contributed by atoms with E-state index in [2.05, 4.69) is 35.6 Å². The Balaban J connectivity index is 1.09. The quantitative estimate of drug-likeness (QED) is 0.207. The Morgan fingerprint density at radius 3 is 1.83 bits per heavy atom. The van der Waals surface area contributed by atoms with Crippen LogP contribution in [0.25, 0.3) is 0 Å². The van der Waals surface area contributed by atoms with Crippen LogP contribution >= 0.6 is 22.6 Å². The molecule has 0 bridgehead atoms. The third kappa shape index (κ3) is 8.38. The van der Waals surface area contributed by atoms with E-state index in [0.717, 1.165) is 34.8 Å². The predicted molar refractivity (Wildman–Crippen MR) is 117 cm³/mol. The van der Waals surface area contributed by atoms with Gasteiger partial charge in [0.1, 0.15) is 0 Å². The van der Waals surface area contributed by atoms with Gasteiger partial charge >= 0.3 is 226 Å². The molecule has 172 valence electrons. The Morgan fingerprint density at radius 1 is 0.724 bits per heavy atom. The van der Waals surface area contributed by atoms with Crippen LogP contribution in [-0.2, 0) is 9.47 Å². The molecule has 0 aromatic rings. The third-order valence-electron chi connectivity index (χ3n) is 6.56. The number of hydrogen-bond acceptors (Lipinski definition) is 2. The molecule has 6 heteroatoms. The van der Waals surface area contributed by atoms with Gasteiger partial charge in [0.05, 0.1) is 0 Å². The van der Waals surface area contributed by atoms with Crippen LogP contribution in [0.1, 0.15) is 77.6 Å². The first kappa shape index (κ1) is 24.7. The summed E-state index contributed by atoms with van der Waals surface area (Å²) in [7, 11) is 0. The maximum atomic E-state index is 6.41. The van der Waals surface area contributed by atoms with Crippen molar-refractivity contribution in [2.75, 3.05) is 13.2 Å². The van der Waals surface area contributed by atoms with Crippen molar-refractivity contribution in [1.82, 2.24) is 0 Å². The Bertz CT molecular complexity index is 519. The second-order valence-electron chi connectivity index (χ2n) is 9.09. The van der Waals surface area contributed by atoms with Gasteiger partial charge in [0, 0.05) is 0 Å². The number of hydrogen-bond donors (Lipinski definition) is 0. The molecule has 5 unspecified atom stereocenters. The van der Waals surface area contributed by atoms with E-state index in [1.54, 1.807) is 3.58 Å². The van der Waals surface area contributed by atoms with Crippen molar-refractivity contribution in [3.63, 3.8) is 0 Å². The van der Waals surface area contributed by atoms with E-state index in [9.17, 15) is 0 Å². The molecule has 0 amide bonds. The van der Waals surface area contributed by atoms with E-state index in [0.29, 0.717) is 50.6 Å². The first-order chi connectivity index (χ1) is 14.1. The van der Waals surface area contributed by atoms with Gasteiger partial charge in [-0.15, -0.1) is 0 Å². The van der Waals surface area contributed by atoms with E-state index in [1.165, 1.54) is 70.6 Å². The van der Waals surface area contributed by atoms with Crippen LogP contribution in [0.15, 0.2) is 9.66 Å². The molecule has 2 heterocycles. The molecule has 1 saturated carbocycles. The van der Waals surface area contributed by atoms with Crippen LogP contribution in [-0.4, -0.2) is 37.1 Å². The van der Waals surface area contributed by atoms with Crippen molar-refractivity contribution < 1.29 is 73.1 Å². The fraction of sp³-hybridized carbons (Fsp3) is 0.913. The van der Waals surface area contributed by atoms with Crippen LogP contribution in [0.4, 0.5) is 0 Å². The standard InChI is InChI=1S/C23H37I4O2/c1-16-2-6-18(7-3-16)25-20-10-12-22(28-14-20)27-23-13-11-21(15-29-23)26-19-8-4-17(24)5-9-19/h4,16,18-23H,2-3,5-15H2,1H3/q-3. The van der Waals surface area contributed by atoms with Gasteiger partial charge in [-0.1, -0.05) is 0 Å². The van der Waals surface area contributed by atoms with E-state index in [-0.39, 0.29) is 21.2 Å². The van der Waals surface area contributed by atoms with E-state index >= 15 is 0 Å². The molecule has 4 rings (SSSR count). The van der Waals surface area contributed by atoms with Crippen molar-refractivity contribution in [3.05, 3.63) is 9.66 Å². The van der Waals surface area contributed by atoms with Gasteiger partial charge in [0.2, 0.25) is 0 Å². The zero-order chi connectivity index (χ0) is 20.1. The monoisotopic (exact) mass is 853 g/mol. The average molecular weight is 853 g/mol. The summed E-state index contributed by atoms with van der Waals surface area (Å²) in [5.41, 5.74) is 0. The molecule has 4 aliphatic rings. The summed E-state index contributed by atoms with van der Waals surface area (Å²) in [6, 6.07) is 0. The molecular weight excluding hydrogens is 816 g/mol. The first-order valence-electron chi connectivity index (χ1n) is 11.6. The SMILES string of the molecule is CC1CCC([I-]C2CCC([I-]C3CCC([I-]C4CC=C(I)CC4)CO3)OC2)CC1. The Morgan fingerprint density at radius 2 is 1.31 bits per heavy atom. The molecular formula is C23H37I4O2-3. The van der Waals surface area contributed by atoms with Gasteiger partial charge in [0.15, 0.2) is 0 Å². The van der Waals surface area contributed by atoms with Crippen LogP contribution in [0, 0.1) is 5.92 Å². The second-order valence-corrected chi connectivity index (χ2v) is 22.5. The van der Waals surface area contributed by atoms with Crippen molar-refractivity contribution in [2.45, 2.75) is 101 Å². The van der Waals surface area contributed by atoms with Crippen LogP contribution in [0.3, 0.4) is 0 Å². The number of ether oxygens (including phenoxy) is 2. The number of halogens is 4. The maximum absolute atomic E-state index is 6.41. The molecule has 0 aromatic carbocycles. The molecule has 0 spiro atoms. The molecule has 3 fully saturated rings. The molecule has 0 aromatic heterocycles. The molecule has 2 aliphatic carbocycles. The minimum absolute atomic E-state index is 0.0596. The van der Waals surface area contributed by atoms with E-state index in [1.807, 2.05) is 0 Å². The molecule has 2 nitrogen and oxygen atoms in total. The topological polar surface area (TPSA) is 18.5 Å². The Kier molecular flexibility index (Phi) is 11.0. The molecule has 0 N–H and O–H groups in total. The van der Waals surface area contributed by atoms with Crippen molar-refractivity contribution >= 4 is 22.6 Å². The van der Waals surface area contributed by atoms with Crippen LogP contribution < -0.4 is 63.6 Å². The van der Waals surface area contributed by atoms with Crippen molar-refractivity contribution in [3.8, 4) is 0 Å². The van der Waals surface area contributed by atoms with Gasteiger partial charge in [-0.2, -0.15) is 0 Å². The fourth-order valence-electron chi connectivity index (χ4n) is 4.66. The first-order valence-corrected chi connectivity index (χ1v) is 20.1. The Hall–Kier alpha value is 2.58. The number of allylic oxidation sites excluding steroid dienone is 2. The normalized spacial score (nSPS) is 42.1. The summed E-state index contributed by atoms with van der Waals surface area (Å²) < 4.78 is 19.6. The second kappa shape index (κ2) is 12.9. The van der Waals surface area contributed by atoms with E-state index < -0.39 is 0 Å². The van der Waals surface area contributed by atoms with Crippen molar-refractivity contribution in [2.24, 2.45) is 5.92 Å². The molecule has 2 aliphatic heterocycles. The molecule has 2 saturated heterocycles. The summed E-state index contributed by atoms with van der Waals surface area (Å²) in [5, 5.41) is 0. The average Bonchev–Trinajstić information content (AvgIpc) is 2.74. The number of alkyl halides is 6. The molecule has 5 atom stereocenters. The van der Waals surface area contributed by atoms with Gasteiger partial charge in [0.25, 0.3) is 0 Å². The van der Waals surface area contributed by atoms with Gasteiger partial charge in [-0.25, -0.2) is 0 Å². The van der Waals surface area contributed by atoms with Crippen LogP contribution in [0.5, 0.6) is 0 Å². The zero-order valence-electron chi connectivity index (χ0n) is 17.6. The van der Waals surface area contributed by atoms with Crippen LogP contribution in [0.2, 0.25) is 0 Å². The number of rotatable bonds is 6. The summed E-state index contributed by atoms with van der Waals surface area (Å²) in [6.45, 7) is 4.62. The zero-order valence-corrected chi connectivity index (χ0v) is 26.3. The minimum atomic E-state index is 0.0596. The molecule has 0 radical (unpaired) electrons. The predicted octanol–water partition coefficient (Wildman–Crippen LogP) is -3.29. The third-order valence-corrected chi connectivity index (χ3v) is 19.5. The fourth-order valence-corrected chi connectivity index (χ4v) is 16.2. The van der Waals surface area contributed by atoms with E-state index in [4.69, 9.17) is 9.47 Å². The summed E-state index contributed by atoms with van der Waals surface area (Å²) in [5.74, 6) is 0.993. The van der Waals surface area contributed by atoms with Crippen molar-refractivity contribution in [1.29, 1.82) is 0 Å². The summed E-state index contributed by atoms with van der Waals surface area (Å²) in [6.07, 6.45) is 18.3. The van der Waals surface area contributed by atoms with Gasteiger partial charge in [-0.3, -0.25) is 0 Å². The summed E-state index contributed by atoms with van der Waals surface area (Å²) >= 11 is 3.26. The molecule has 29 heavy (non-hydrogen) atoms.